The Labute approximate surface area is 134 Å². The van der Waals surface area contributed by atoms with Gasteiger partial charge >= 0.3 is 5.97 Å². The van der Waals surface area contributed by atoms with Crippen LogP contribution in [-0.4, -0.2) is 13.1 Å². The highest BCUT2D eigenvalue weighted by molar-refractivity contribution is 14.1. The summed E-state index contributed by atoms with van der Waals surface area (Å²) in [6, 6.07) is 7.35. The molecule has 20 heavy (non-hydrogen) atoms. The van der Waals surface area contributed by atoms with E-state index in [1.807, 2.05) is 22.6 Å². The molecule has 0 aromatic heterocycles. The zero-order valence-corrected chi connectivity index (χ0v) is 13.3. The van der Waals surface area contributed by atoms with E-state index in [0.29, 0.717) is 19.8 Å². The molecule has 0 spiro atoms. The van der Waals surface area contributed by atoms with Gasteiger partial charge in [-0.3, -0.25) is 0 Å². The number of carbonyl (C=O) groups excluding carboxylic acids is 1. The molecule has 0 heterocycles. The number of ether oxygens (including phenoxy) is 1. The third-order valence-electron chi connectivity index (χ3n) is 2.79. The van der Waals surface area contributed by atoms with Gasteiger partial charge in [-0.1, -0.05) is 23.7 Å². The van der Waals surface area contributed by atoms with Crippen molar-refractivity contribution < 1.29 is 13.9 Å². The number of anilines is 1. The Morgan fingerprint density at radius 2 is 1.95 bits per heavy atom. The molecule has 0 aliphatic rings. The summed E-state index contributed by atoms with van der Waals surface area (Å²) in [7, 11) is 1.27. The van der Waals surface area contributed by atoms with Crippen molar-refractivity contribution in [2.45, 2.75) is 0 Å². The van der Waals surface area contributed by atoms with Crippen LogP contribution in [0.1, 0.15) is 10.4 Å². The first-order valence-electron chi connectivity index (χ1n) is 5.57. The first kappa shape index (κ1) is 15.1. The van der Waals surface area contributed by atoms with Crippen LogP contribution in [0, 0.1) is 9.39 Å². The van der Waals surface area contributed by atoms with Gasteiger partial charge in [-0.05, 0) is 46.4 Å². The van der Waals surface area contributed by atoms with E-state index >= 15 is 0 Å². The summed E-state index contributed by atoms with van der Waals surface area (Å²) in [5.74, 6) is -0.882. The second kappa shape index (κ2) is 5.97. The van der Waals surface area contributed by atoms with Crippen LogP contribution in [0.5, 0.6) is 0 Å². The second-order valence-corrected chi connectivity index (χ2v) is 5.49. The van der Waals surface area contributed by atoms with E-state index in [1.165, 1.54) is 25.3 Å². The molecule has 2 aromatic rings. The molecule has 0 amide bonds. The van der Waals surface area contributed by atoms with Crippen molar-refractivity contribution >= 4 is 45.8 Å². The number of nitrogens with two attached hydrogens (primary N) is 1. The van der Waals surface area contributed by atoms with Gasteiger partial charge in [0.2, 0.25) is 0 Å². The molecule has 0 atom stereocenters. The zero-order valence-electron chi connectivity index (χ0n) is 10.4. The van der Waals surface area contributed by atoms with Crippen LogP contribution in [0.3, 0.4) is 0 Å². The Kier molecular flexibility index (Phi) is 4.49. The minimum absolute atomic E-state index is 0.216. The Balaban J connectivity index is 2.64. The molecular formula is C14H10ClFINO2. The molecule has 0 bridgehead atoms. The Morgan fingerprint density at radius 1 is 1.35 bits per heavy atom. The predicted molar refractivity (Wildman–Crippen MR) is 85.3 cm³/mol. The van der Waals surface area contributed by atoms with Gasteiger partial charge in [0, 0.05) is 9.13 Å². The lowest BCUT2D eigenvalue weighted by molar-refractivity contribution is 0.0602. The number of hydrogen-bond acceptors (Lipinski definition) is 3. The van der Waals surface area contributed by atoms with Gasteiger partial charge in [0.1, 0.15) is 5.82 Å². The molecule has 2 rings (SSSR count). The summed E-state index contributed by atoms with van der Waals surface area (Å²) in [5.41, 5.74) is 7.85. The first-order valence-corrected chi connectivity index (χ1v) is 7.03. The number of hydrogen-bond donors (Lipinski definition) is 1. The summed E-state index contributed by atoms with van der Waals surface area (Å²) < 4.78 is 18.3. The lowest BCUT2D eigenvalue weighted by Gasteiger charge is -2.13. The number of rotatable bonds is 2. The molecule has 0 unspecified atom stereocenters. The number of esters is 1. The third kappa shape index (κ3) is 2.73. The van der Waals surface area contributed by atoms with Crippen molar-refractivity contribution in [3.63, 3.8) is 0 Å². The van der Waals surface area contributed by atoms with Gasteiger partial charge in [-0.2, -0.15) is 0 Å². The van der Waals surface area contributed by atoms with Crippen LogP contribution >= 0.6 is 34.2 Å². The molecule has 3 nitrogen and oxygen atoms in total. The van der Waals surface area contributed by atoms with Gasteiger partial charge in [-0.25, -0.2) is 9.18 Å². The lowest BCUT2D eigenvalue weighted by Crippen LogP contribution is -2.08. The summed E-state index contributed by atoms with van der Waals surface area (Å²) in [5, 5.41) is 0.357. The molecule has 0 saturated carbocycles. The summed E-state index contributed by atoms with van der Waals surface area (Å²) >= 11 is 8.23. The third-order valence-corrected chi connectivity index (χ3v) is 4.21. The fourth-order valence-corrected chi connectivity index (χ4v) is 3.16. The zero-order chi connectivity index (χ0) is 14.9. The average Bonchev–Trinajstić information content (AvgIpc) is 2.44. The summed E-state index contributed by atoms with van der Waals surface area (Å²) in [4.78, 5) is 11.6. The number of halogens is 3. The number of carbonyl (C=O) groups is 1. The maximum absolute atomic E-state index is 13.0. The molecule has 2 aromatic carbocycles. The van der Waals surface area contributed by atoms with Crippen LogP contribution < -0.4 is 5.73 Å². The summed E-state index contributed by atoms with van der Waals surface area (Å²) in [6.45, 7) is 0. The highest BCUT2D eigenvalue weighted by Gasteiger charge is 2.19. The molecule has 2 N–H and O–H groups in total. The van der Waals surface area contributed by atoms with Gasteiger partial charge in [0.05, 0.1) is 23.4 Å². The van der Waals surface area contributed by atoms with Gasteiger partial charge in [-0.15, -0.1) is 0 Å². The van der Waals surface area contributed by atoms with Crippen molar-refractivity contribution in [3.8, 4) is 11.1 Å². The van der Waals surface area contributed by atoms with Crippen LogP contribution in [-0.2, 0) is 4.74 Å². The maximum atomic E-state index is 13.0. The Morgan fingerprint density at radius 3 is 2.50 bits per heavy atom. The van der Waals surface area contributed by atoms with E-state index in [4.69, 9.17) is 17.3 Å². The molecule has 0 saturated heterocycles. The van der Waals surface area contributed by atoms with E-state index in [2.05, 4.69) is 4.74 Å². The first-order chi connectivity index (χ1) is 9.45. The van der Waals surface area contributed by atoms with Gasteiger partial charge < -0.3 is 10.5 Å². The highest BCUT2D eigenvalue weighted by Crippen LogP contribution is 2.38. The van der Waals surface area contributed by atoms with E-state index in [0.717, 1.165) is 5.56 Å². The van der Waals surface area contributed by atoms with Crippen LogP contribution in [0.2, 0.25) is 5.02 Å². The molecule has 0 aliphatic carbocycles. The minimum atomic E-state index is -0.548. The number of benzene rings is 2. The molecule has 0 aliphatic heterocycles. The van der Waals surface area contributed by atoms with E-state index in [9.17, 15) is 9.18 Å². The van der Waals surface area contributed by atoms with E-state index < -0.39 is 5.97 Å². The second-order valence-electron chi connectivity index (χ2n) is 4.01. The van der Waals surface area contributed by atoms with E-state index in [-0.39, 0.29) is 11.4 Å². The van der Waals surface area contributed by atoms with Crippen molar-refractivity contribution in [2.24, 2.45) is 0 Å². The monoisotopic (exact) mass is 405 g/mol. The van der Waals surface area contributed by atoms with Crippen LogP contribution in [0.25, 0.3) is 11.1 Å². The van der Waals surface area contributed by atoms with Gasteiger partial charge in [0.25, 0.3) is 0 Å². The average molecular weight is 406 g/mol. The SMILES string of the molecule is COC(=O)c1cc(Cl)c(-c2ccc(F)cc2)c(I)c1N. The van der Waals surface area contributed by atoms with Crippen molar-refractivity contribution in [3.05, 3.63) is 50.3 Å². The predicted octanol–water partition coefficient (Wildman–Crippen LogP) is 4.12. The largest absolute Gasteiger partial charge is 0.465 e. The molecular weight excluding hydrogens is 396 g/mol. The van der Waals surface area contributed by atoms with Gasteiger partial charge in [0.15, 0.2) is 0 Å². The molecule has 0 radical (unpaired) electrons. The number of methoxy groups -OCH3 is 1. The Hall–Kier alpha value is -1.34. The van der Waals surface area contributed by atoms with Crippen LogP contribution in [0.15, 0.2) is 30.3 Å². The topological polar surface area (TPSA) is 52.3 Å². The summed E-state index contributed by atoms with van der Waals surface area (Å²) in [6.07, 6.45) is 0. The smallest absolute Gasteiger partial charge is 0.340 e. The normalized spacial score (nSPS) is 10.4. The highest BCUT2D eigenvalue weighted by atomic mass is 127. The van der Waals surface area contributed by atoms with Crippen LogP contribution in [0.4, 0.5) is 10.1 Å². The standard InChI is InChI=1S/C14H10ClFINO2/c1-20-14(19)9-6-10(15)11(12(17)13(9)18)7-2-4-8(16)5-3-7/h2-6H,18H2,1H3. The van der Waals surface area contributed by atoms with Crippen molar-refractivity contribution in [2.75, 3.05) is 12.8 Å². The molecule has 104 valence electrons. The Bertz CT molecular complexity index is 674. The van der Waals surface area contributed by atoms with E-state index in [1.54, 1.807) is 12.1 Å². The lowest BCUT2D eigenvalue weighted by atomic mass is 10.0. The molecule has 6 heteroatoms. The fourth-order valence-electron chi connectivity index (χ4n) is 1.79. The fraction of sp³-hybridized carbons (Fsp3) is 0.0714. The van der Waals surface area contributed by atoms with Crippen molar-refractivity contribution in [1.82, 2.24) is 0 Å². The van der Waals surface area contributed by atoms with Crippen molar-refractivity contribution in [1.29, 1.82) is 0 Å². The minimum Gasteiger partial charge on any atom is -0.465 e. The maximum Gasteiger partial charge on any atom is 0.340 e. The quantitative estimate of drug-likeness (QED) is 0.465. The molecule has 0 fully saturated rings. The number of nitrogen functional groups attached to an aromatic ring is 1.